The summed E-state index contributed by atoms with van der Waals surface area (Å²) in [7, 11) is 0. The van der Waals surface area contributed by atoms with Gasteiger partial charge in [-0.15, -0.1) is 0 Å². The molecule has 4 nitrogen and oxygen atoms in total. The zero-order valence-corrected chi connectivity index (χ0v) is 15.7. The molecule has 3 aromatic carbocycles. The maximum absolute atomic E-state index is 11.3. The van der Waals surface area contributed by atoms with Crippen LogP contribution in [0.2, 0.25) is 0 Å². The van der Waals surface area contributed by atoms with Gasteiger partial charge in [0.15, 0.2) is 0 Å². The molecule has 1 unspecified atom stereocenters. The first-order valence-electron chi connectivity index (χ1n) is 9.61. The Labute approximate surface area is 168 Å². The van der Waals surface area contributed by atoms with Crippen molar-refractivity contribution in [1.82, 2.24) is 4.57 Å². The summed E-state index contributed by atoms with van der Waals surface area (Å²) in [5.41, 5.74) is 13.2. The van der Waals surface area contributed by atoms with Crippen molar-refractivity contribution in [1.29, 1.82) is 0 Å². The molecule has 5 rings (SSSR count). The number of nitrogens with two attached hydrogens (primary N) is 1. The van der Waals surface area contributed by atoms with E-state index in [0.717, 1.165) is 22.2 Å². The highest BCUT2D eigenvalue weighted by atomic mass is 16.4. The average Bonchev–Trinajstić information content (AvgIpc) is 3.37. The lowest BCUT2D eigenvalue weighted by molar-refractivity contribution is 0.0697. The molecule has 29 heavy (non-hydrogen) atoms. The van der Waals surface area contributed by atoms with E-state index in [2.05, 4.69) is 53.1 Å². The van der Waals surface area contributed by atoms with Crippen LogP contribution in [0, 0.1) is 0 Å². The molecule has 0 spiro atoms. The second-order valence-corrected chi connectivity index (χ2v) is 7.28. The second-order valence-electron chi connectivity index (χ2n) is 7.28. The van der Waals surface area contributed by atoms with Crippen LogP contribution in [0.4, 0.5) is 0 Å². The van der Waals surface area contributed by atoms with Crippen LogP contribution in [0.15, 0.2) is 79.0 Å². The lowest BCUT2D eigenvalue weighted by Gasteiger charge is -2.18. The Bertz CT molecular complexity index is 1280. The third-order valence-corrected chi connectivity index (χ3v) is 5.71. The molecule has 1 atom stereocenters. The van der Waals surface area contributed by atoms with Crippen LogP contribution in [0.5, 0.6) is 0 Å². The van der Waals surface area contributed by atoms with Gasteiger partial charge in [-0.05, 0) is 52.6 Å². The molecular formula is C25H20N2O2. The van der Waals surface area contributed by atoms with E-state index in [4.69, 9.17) is 5.73 Å². The zero-order valence-electron chi connectivity index (χ0n) is 15.7. The van der Waals surface area contributed by atoms with Crippen molar-refractivity contribution in [3.8, 4) is 5.69 Å². The molecule has 0 fully saturated rings. The van der Waals surface area contributed by atoms with Gasteiger partial charge in [0.25, 0.3) is 0 Å². The number of aromatic nitrogens is 1. The summed E-state index contributed by atoms with van der Waals surface area (Å²) in [6.07, 6.45) is 6.41. The lowest BCUT2D eigenvalue weighted by atomic mass is 9.90. The number of hydrogen-bond acceptors (Lipinski definition) is 2. The van der Waals surface area contributed by atoms with Crippen LogP contribution >= 0.6 is 0 Å². The molecule has 4 aromatic rings. The first-order valence-corrected chi connectivity index (χ1v) is 9.61. The van der Waals surface area contributed by atoms with Crippen molar-refractivity contribution < 1.29 is 9.90 Å². The predicted molar refractivity (Wildman–Crippen MR) is 115 cm³/mol. The van der Waals surface area contributed by atoms with E-state index in [0.29, 0.717) is 12.1 Å². The molecule has 142 valence electrons. The van der Waals surface area contributed by atoms with Crippen LogP contribution in [0.1, 0.15) is 38.5 Å². The molecule has 0 amide bonds. The molecule has 1 heterocycles. The Kier molecular flexibility index (Phi) is 4.07. The number of aromatic carboxylic acids is 1. The van der Waals surface area contributed by atoms with Crippen LogP contribution in [0.25, 0.3) is 22.7 Å². The Morgan fingerprint density at radius 3 is 2.66 bits per heavy atom. The van der Waals surface area contributed by atoms with Gasteiger partial charge in [-0.2, -0.15) is 0 Å². The fourth-order valence-corrected chi connectivity index (χ4v) is 4.31. The number of hydrogen-bond donors (Lipinski definition) is 2. The summed E-state index contributed by atoms with van der Waals surface area (Å²) in [4.78, 5) is 11.3. The van der Waals surface area contributed by atoms with E-state index < -0.39 is 5.97 Å². The highest BCUT2D eigenvalue weighted by Crippen LogP contribution is 2.39. The molecular weight excluding hydrogens is 360 g/mol. The fraction of sp³-hybridized carbons (Fsp3) is 0.0800. The van der Waals surface area contributed by atoms with E-state index in [1.165, 1.54) is 16.7 Å². The summed E-state index contributed by atoms with van der Waals surface area (Å²) >= 11 is 0. The predicted octanol–water partition coefficient (Wildman–Crippen LogP) is 4.95. The van der Waals surface area contributed by atoms with E-state index in [1.807, 2.05) is 24.4 Å². The molecule has 3 N–H and O–H groups in total. The van der Waals surface area contributed by atoms with Crippen molar-refractivity contribution in [3.63, 3.8) is 0 Å². The minimum absolute atomic E-state index is 0.156. The maximum atomic E-state index is 11.3. The van der Waals surface area contributed by atoms with Gasteiger partial charge in [-0.1, -0.05) is 48.6 Å². The van der Waals surface area contributed by atoms with Crippen LogP contribution < -0.4 is 5.73 Å². The van der Waals surface area contributed by atoms with Crippen LogP contribution in [0.3, 0.4) is 0 Å². The fourth-order valence-electron chi connectivity index (χ4n) is 4.31. The normalized spacial score (nSPS) is 15.0. The van der Waals surface area contributed by atoms with Gasteiger partial charge < -0.3 is 15.4 Å². The quantitative estimate of drug-likeness (QED) is 0.527. The Morgan fingerprint density at radius 2 is 1.83 bits per heavy atom. The number of carbonyl (C=O) groups is 1. The number of para-hydroxylation sites is 1. The Balaban J connectivity index is 1.65. The molecule has 0 saturated carbocycles. The number of carboxylic acid groups (broad SMARTS) is 1. The van der Waals surface area contributed by atoms with Gasteiger partial charge >= 0.3 is 5.97 Å². The van der Waals surface area contributed by atoms with Crippen molar-refractivity contribution in [2.75, 3.05) is 0 Å². The van der Waals surface area contributed by atoms with Gasteiger partial charge in [0.2, 0.25) is 0 Å². The van der Waals surface area contributed by atoms with Gasteiger partial charge in [-0.25, -0.2) is 4.79 Å². The van der Waals surface area contributed by atoms with Gasteiger partial charge in [-0.3, -0.25) is 0 Å². The van der Waals surface area contributed by atoms with Crippen LogP contribution in [-0.4, -0.2) is 15.6 Å². The summed E-state index contributed by atoms with van der Waals surface area (Å²) in [5.74, 6) is -0.757. The molecule has 0 aliphatic heterocycles. The number of carboxylic acids is 1. The number of fused-ring (bicyclic) bond motifs is 2. The standard InChI is InChI=1S/C25H20N2O2/c26-15-18-4-3-6-20-19(18)9-10-21(20)22-5-1-2-7-24(22)27-13-12-16-14-17(25(28)29)8-11-23(16)27/h1-14,21H,15,26H2,(H,28,29). The molecule has 1 aromatic heterocycles. The lowest BCUT2D eigenvalue weighted by Crippen LogP contribution is -2.05. The number of nitrogens with zero attached hydrogens (tertiary/aromatic N) is 1. The summed E-state index contributed by atoms with van der Waals surface area (Å²) in [5, 5.41) is 10.2. The molecule has 0 bridgehead atoms. The third kappa shape index (κ3) is 2.77. The molecule has 4 heteroatoms. The highest BCUT2D eigenvalue weighted by molar-refractivity contribution is 5.94. The summed E-state index contributed by atoms with van der Waals surface area (Å²) in [6.45, 7) is 0.524. The molecule has 0 saturated heterocycles. The van der Waals surface area contributed by atoms with Crippen molar-refractivity contribution >= 4 is 22.9 Å². The average molecular weight is 380 g/mol. The first kappa shape index (κ1) is 17.5. The third-order valence-electron chi connectivity index (χ3n) is 5.71. The summed E-state index contributed by atoms with van der Waals surface area (Å²) < 4.78 is 2.13. The minimum Gasteiger partial charge on any atom is -0.478 e. The van der Waals surface area contributed by atoms with Crippen LogP contribution in [-0.2, 0) is 6.54 Å². The van der Waals surface area contributed by atoms with Gasteiger partial charge in [0.05, 0.1) is 11.1 Å². The largest absolute Gasteiger partial charge is 0.478 e. The second kappa shape index (κ2) is 6.76. The van der Waals surface area contributed by atoms with Crippen molar-refractivity contribution in [2.45, 2.75) is 12.5 Å². The van der Waals surface area contributed by atoms with E-state index in [1.54, 1.807) is 12.1 Å². The molecule has 0 radical (unpaired) electrons. The maximum Gasteiger partial charge on any atom is 0.335 e. The monoisotopic (exact) mass is 380 g/mol. The van der Waals surface area contributed by atoms with Gasteiger partial charge in [0, 0.05) is 29.7 Å². The minimum atomic E-state index is -0.913. The SMILES string of the molecule is NCc1cccc2c1C=CC2c1ccccc1-n1ccc2cc(C(=O)O)ccc21. The highest BCUT2D eigenvalue weighted by Gasteiger charge is 2.23. The topological polar surface area (TPSA) is 68.2 Å². The van der Waals surface area contributed by atoms with Crippen molar-refractivity contribution in [2.24, 2.45) is 5.73 Å². The number of rotatable bonds is 4. The first-order chi connectivity index (χ1) is 14.2. The van der Waals surface area contributed by atoms with E-state index in [9.17, 15) is 9.90 Å². The number of benzene rings is 3. The Morgan fingerprint density at radius 1 is 1.00 bits per heavy atom. The van der Waals surface area contributed by atoms with E-state index >= 15 is 0 Å². The molecule has 1 aliphatic carbocycles. The van der Waals surface area contributed by atoms with E-state index in [-0.39, 0.29) is 5.92 Å². The van der Waals surface area contributed by atoms with Gasteiger partial charge in [0.1, 0.15) is 0 Å². The zero-order chi connectivity index (χ0) is 20.0. The Hall–Kier alpha value is -3.63. The van der Waals surface area contributed by atoms with Crippen molar-refractivity contribution in [3.05, 3.63) is 107 Å². The summed E-state index contributed by atoms with van der Waals surface area (Å²) in [6, 6.07) is 21.9. The smallest absolute Gasteiger partial charge is 0.335 e. The molecule has 1 aliphatic rings. The number of allylic oxidation sites excluding steroid dienone is 1.